The summed E-state index contributed by atoms with van der Waals surface area (Å²) in [6.07, 6.45) is 5.21. The Kier molecular flexibility index (Phi) is 3.03. The first-order chi connectivity index (χ1) is 4.84. The molecule has 1 aromatic heterocycles. The summed E-state index contributed by atoms with van der Waals surface area (Å²) in [4.78, 5) is 0. The molecule has 0 fully saturated rings. The summed E-state index contributed by atoms with van der Waals surface area (Å²) >= 11 is 5.99. The number of rotatable bonds is 2. The smallest absolute Gasteiger partial charge is 0.0603 e. The van der Waals surface area contributed by atoms with Crippen molar-refractivity contribution in [3.05, 3.63) is 29.2 Å². The van der Waals surface area contributed by atoms with Crippen molar-refractivity contribution in [3.8, 4) is 0 Å². The molecule has 0 aliphatic rings. The van der Waals surface area contributed by atoms with E-state index in [1.54, 1.807) is 11.3 Å². The highest BCUT2D eigenvalue weighted by molar-refractivity contribution is 7.82. The standard InChI is InChI=1S/C8H10S2/c1-2-3-4-7-5-6-10-8(7)9/h2-3,5-6,9H,4H2,1H3/b3-2+. The Morgan fingerprint density at radius 3 is 3.00 bits per heavy atom. The van der Waals surface area contributed by atoms with Crippen LogP contribution in [0.5, 0.6) is 0 Å². The maximum absolute atomic E-state index is 4.31. The molecule has 0 aliphatic heterocycles. The molecule has 0 aromatic carbocycles. The van der Waals surface area contributed by atoms with Crippen LogP contribution in [0.4, 0.5) is 0 Å². The van der Waals surface area contributed by atoms with E-state index < -0.39 is 0 Å². The molecule has 0 N–H and O–H groups in total. The van der Waals surface area contributed by atoms with Crippen LogP contribution in [0.2, 0.25) is 0 Å². The van der Waals surface area contributed by atoms with Crippen LogP contribution in [0.15, 0.2) is 27.8 Å². The van der Waals surface area contributed by atoms with Gasteiger partial charge in [-0.25, -0.2) is 0 Å². The Balaban J connectivity index is 2.65. The van der Waals surface area contributed by atoms with Gasteiger partial charge in [-0.05, 0) is 30.4 Å². The Morgan fingerprint density at radius 1 is 1.70 bits per heavy atom. The summed E-state index contributed by atoms with van der Waals surface area (Å²) in [5.74, 6) is 0. The van der Waals surface area contributed by atoms with Crippen LogP contribution in [0.1, 0.15) is 12.5 Å². The van der Waals surface area contributed by atoms with E-state index in [2.05, 4.69) is 36.2 Å². The molecule has 1 heterocycles. The van der Waals surface area contributed by atoms with Gasteiger partial charge in [0.1, 0.15) is 0 Å². The van der Waals surface area contributed by atoms with Gasteiger partial charge >= 0.3 is 0 Å². The van der Waals surface area contributed by atoms with Gasteiger partial charge < -0.3 is 0 Å². The Labute approximate surface area is 71.0 Å². The van der Waals surface area contributed by atoms with Crippen LogP contribution >= 0.6 is 24.0 Å². The van der Waals surface area contributed by atoms with Crippen LogP contribution in [0.25, 0.3) is 0 Å². The van der Waals surface area contributed by atoms with E-state index in [0.717, 1.165) is 10.6 Å². The molecule has 0 bridgehead atoms. The second-order valence-corrected chi connectivity index (χ2v) is 3.69. The van der Waals surface area contributed by atoms with Gasteiger partial charge in [-0.15, -0.1) is 24.0 Å². The average Bonchev–Trinajstić information content (AvgIpc) is 2.31. The summed E-state index contributed by atoms with van der Waals surface area (Å²) in [7, 11) is 0. The van der Waals surface area contributed by atoms with E-state index in [4.69, 9.17) is 0 Å². The second-order valence-electron chi connectivity index (χ2n) is 2.02. The third kappa shape index (κ3) is 1.89. The van der Waals surface area contributed by atoms with E-state index in [0.29, 0.717) is 0 Å². The third-order valence-corrected chi connectivity index (χ3v) is 2.66. The molecule has 0 nitrogen and oxygen atoms in total. The molecule has 0 aliphatic carbocycles. The Bertz CT molecular complexity index is 223. The van der Waals surface area contributed by atoms with Gasteiger partial charge in [0, 0.05) is 0 Å². The first kappa shape index (κ1) is 7.89. The van der Waals surface area contributed by atoms with E-state index in [1.165, 1.54) is 5.56 Å². The summed E-state index contributed by atoms with van der Waals surface area (Å²) in [6.45, 7) is 2.03. The summed E-state index contributed by atoms with van der Waals surface area (Å²) < 4.78 is 1.14. The molecule has 1 rings (SSSR count). The van der Waals surface area contributed by atoms with E-state index in [1.807, 2.05) is 6.92 Å². The van der Waals surface area contributed by atoms with Crippen molar-refractivity contribution >= 4 is 24.0 Å². The Hall–Kier alpha value is -0.210. The predicted octanol–water partition coefficient (Wildman–Crippen LogP) is 3.16. The van der Waals surface area contributed by atoms with Gasteiger partial charge in [-0.1, -0.05) is 12.2 Å². The zero-order valence-electron chi connectivity index (χ0n) is 5.87. The fraction of sp³-hybridized carbons (Fsp3) is 0.250. The molecule has 0 radical (unpaired) electrons. The van der Waals surface area contributed by atoms with Crippen molar-refractivity contribution in [1.29, 1.82) is 0 Å². The van der Waals surface area contributed by atoms with Crippen LogP contribution in [0, 0.1) is 0 Å². The number of allylic oxidation sites excluding steroid dienone is 2. The first-order valence-corrected chi connectivity index (χ1v) is 4.53. The van der Waals surface area contributed by atoms with Crippen LogP contribution in [0.3, 0.4) is 0 Å². The van der Waals surface area contributed by atoms with E-state index in [9.17, 15) is 0 Å². The quantitative estimate of drug-likeness (QED) is 0.511. The van der Waals surface area contributed by atoms with Gasteiger partial charge in [-0.3, -0.25) is 0 Å². The summed E-state index contributed by atoms with van der Waals surface area (Å²) in [6, 6.07) is 2.12. The van der Waals surface area contributed by atoms with Crippen LogP contribution < -0.4 is 0 Å². The molecule has 0 atom stereocenters. The first-order valence-electron chi connectivity index (χ1n) is 3.21. The molecular weight excluding hydrogens is 160 g/mol. The lowest BCUT2D eigenvalue weighted by Gasteiger charge is -1.89. The zero-order chi connectivity index (χ0) is 7.40. The van der Waals surface area contributed by atoms with Gasteiger partial charge in [0.2, 0.25) is 0 Å². The molecule has 0 unspecified atom stereocenters. The molecular formula is C8H10S2. The van der Waals surface area contributed by atoms with Gasteiger partial charge in [-0.2, -0.15) is 0 Å². The minimum absolute atomic E-state index is 1.01. The highest BCUT2D eigenvalue weighted by Crippen LogP contribution is 2.21. The van der Waals surface area contributed by atoms with E-state index >= 15 is 0 Å². The second kappa shape index (κ2) is 3.84. The zero-order valence-corrected chi connectivity index (χ0v) is 7.58. The monoisotopic (exact) mass is 170 g/mol. The molecule has 0 saturated heterocycles. The highest BCUT2D eigenvalue weighted by Gasteiger charge is 1.95. The Morgan fingerprint density at radius 2 is 2.50 bits per heavy atom. The molecule has 1 aromatic rings. The number of hydrogen-bond donors (Lipinski definition) is 1. The van der Waals surface area contributed by atoms with Gasteiger partial charge in [0.15, 0.2) is 0 Å². The fourth-order valence-corrected chi connectivity index (χ4v) is 1.74. The summed E-state index contributed by atoms with van der Waals surface area (Å²) in [5, 5.41) is 2.07. The molecule has 54 valence electrons. The van der Waals surface area contributed by atoms with Crippen molar-refractivity contribution in [2.75, 3.05) is 0 Å². The lowest BCUT2D eigenvalue weighted by atomic mass is 10.2. The average molecular weight is 170 g/mol. The number of thiol groups is 1. The molecule has 2 heteroatoms. The van der Waals surface area contributed by atoms with Crippen LogP contribution in [-0.4, -0.2) is 0 Å². The van der Waals surface area contributed by atoms with Gasteiger partial charge in [0.25, 0.3) is 0 Å². The number of hydrogen-bond acceptors (Lipinski definition) is 2. The lowest BCUT2D eigenvalue weighted by molar-refractivity contribution is 1.24. The summed E-state index contributed by atoms with van der Waals surface area (Å²) in [5.41, 5.74) is 1.33. The lowest BCUT2D eigenvalue weighted by Crippen LogP contribution is -1.74. The minimum atomic E-state index is 1.01. The topological polar surface area (TPSA) is 0 Å². The number of thiophene rings is 1. The van der Waals surface area contributed by atoms with Gasteiger partial charge in [0.05, 0.1) is 4.21 Å². The van der Waals surface area contributed by atoms with Crippen molar-refractivity contribution in [2.45, 2.75) is 17.6 Å². The van der Waals surface area contributed by atoms with Crippen LogP contribution in [-0.2, 0) is 6.42 Å². The molecule has 0 spiro atoms. The normalized spacial score (nSPS) is 11.0. The maximum atomic E-state index is 4.31. The predicted molar refractivity (Wildman–Crippen MR) is 50.1 cm³/mol. The van der Waals surface area contributed by atoms with Crippen molar-refractivity contribution < 1.29 is 0 Å². The fourth-order valence-electron chi connectivity index (χ4n) is 0.728. The highest BCUT2D eigenvalue weighted by atomic mass is 32.2. The minimum Gasteiger partial charge on any atom is -0.137 e. The third-order valence-electron chi connectivity index (χ3n) is 1.30. The largest absolute Gasteiger partial charge is 0.137 e. The van der Waals surface area contributed by atoms with E-state index in [-0.39, 0.29) is 0 Å². The van der Waals surface area contributed by atoms with Crippen molar-refractivity contribution in [2.24, 2.45) is 0 Å². The molecule has 0 amide bonds. The SMILES string of the molecule is C/C=C/Cc1ccsc1S. The molecule has 10 heavy (non-hydrogen) atoms. The van der Waals surface area contributed by atoms with Crippen molar-refractivity contribution in [1.82, 2.24) is 0 Å². The molecule has 0 saturated carbocycles. The van der Waals surface area contributed by atoms with Crippen molar-refractivity contribution in [3.63, 3.8) is 0 Å². The maximum Gasteiger partial charge on any atom is 0.0603 e.